The van der Waals surface area contributed by atoms with Crippen LogP contribution in [0.3, 0.4) is 0 Å². The van der Waals surface area contributed by atoms with Gasteiger partial charge in [0.1, 0.15) is 6.33 Å². The number of nitrogens with one attached hydrogen (secondary N) is 1. The molecule has 0 amide bonds. The van der Waals surface area contributed by atoms with E-state index in [1.54, 1.807) is 4.57 Å². The molecule has 0 unspecified atom stereocenters. The van der Waals surface area contributed by atoms with Gasteiger partial charge in [-0.2, -0.15) is 4.98 Å². The molecule has 2 aromatic carbocycles. The van der Waals surface area contributed by atoms with Crippen molar-refractivity contribution in [2.45, 2.75) is 0 Å². The van der Waals surface area contributed by atoms with Crippen molar-refractivity contribution >= 4 is 28.6 Å². The summed E-state index contributed by atoms with van der Waals surface area (Å²) in [4.78, 5) is 17.2. The fourth-order valence-electron chi connectivity index (χ4n) is 2.81. The van der Waals surface area contributed by atoms with Crippen molar-refractivity contribution in [3.63, 3.8) is 0 Å². The fourth-order valence-corrected chi connectivity index (χ4v) is 2.81. The van der Waals surface area contributed by atoms with E-state index in [-0.39, 0.29) is 6.79 Å². The smallest absolute Gasteiger partial charge is 0.241 e. The minimum atomic E-state index is 0.224. The second-order valence-corrected chi connectivity index (χ2v) is 5.60. The first-order valence-electron chi connectivity index (χ1n) is 7.87. The maximum atomic E-state index is 6.05. The number of hydrogen-bond acceptors (Lipinski definition) is 8. The van der Waals surface area contributed by atoms with Gasteiger partial charge in [0, 0.05) is 11.8 Å². The molecule has 0 radical (unpaired) electrons. The van der Waals surface area contributed by atoms with Gasteiger partial charge in [0.2, 0.25) is 24.6 Å². The molecule has 0 saturated heterocycles. The predicted molar refractivity (Wildman–Crippen MR) is 94.7 cm³/mol. The van der Waals surface area contributed by atoms with E-state index in [0.717, 1.165) is 16.7 Å². The highest BCUT2D eigenvalue weighted by molar-refractivity contribution is 5.80. The number of nitrogens with two attached hydrogens (primary N) is 1. The lowest BCUT2D eigenvalue weighted by atomic mass is 10.3. The molecule has 9 nitrogen and oxygen atoms in total. The average Bonchev–Trinajstić information content (AvgIpc) is 3.24. The van der Waals surface area contributed by atoms with Gasteiger partial charge in [-0.1, -0.05) is 12.1 Å². The first-order chi connectivity index (χ1) is 12.8. The van der Waals surface area contributed by atoms with Crippen LogP contribution in [0.1, 0.15) is 0 Å². The highest BCUT2D eigenvalue weighted by Gasteiger charge is 2.15. The number of fused-ring (bicyclic) bond motifs is 2. The molecule has 0 bridgehead atoms. The van der Waals surface area contributed by atoms with Crippen LogP contribution < -0.4 is 20.5 Å². The summed E-state index contributed by atoms with van der Waals surface area (Å²) in [7, 11) is 0. The lowest BCUT2D eigenvalue weighted by Gasteiger charge is -2.08. The number of aromatic nitrogens is 5. The Balaban J connectivity index is 1.52. The van der Waals surface area contributed by atoms with E-state index >= 15 is 0 Å². The van der Waals surface area contributed by atoms with Crippen molar-refractivity contribution in [3.05, 3.63) is 48.8 Å². The van der Waals surface area contributed by atoms with Gasteiger partial charge < -0.3 is 20.5 Å². The Kier molecular flexibility index (Phi) is 3.11. The van der Waals surface area contributed by atoms with Crippen LogP contribution in [0.25, 0.3) is 17.0 Å². The number of para-hydroxylation sites is 2. The molecule has 0 saturated carbocycles. The maximum Gasteiger partial charge on any atom is 0.241 e. The molecule has 128 valence electrons. The SMILES string of the molecule is Nc1nc2ccccc2n1-c1ncnc(Nc2ccc3c(c2)OCO3)n1. The van der Waals surface area contributed by atoms with Crippen LogP contribution in [0.4, 0.5) is 17.6 Å². The molecular weight excluding hydrogens is 334 g/mol. The Morgan fingerprint density at radius 3 is 2.85 bits per heavy atom. The summed E-state index contributed by atoms with van der Waals surface area (Å²) < 4.78 is 12.4. The van der Waals surface area contributed by atoms with E-state index in [2.05, 4.69) is 25.3 Å². The first kappa shape index (κ1) is 14.5. The Labute approximate surface area is 147 Å². The molecule has 1 aliphatic heterocycles. The molecule has 5 rings (SSSR count). The number of rotatable bonds is 3. The third kappa shape index (κ3) is 2.34. The van der Waals surface area contributed by atoms with Gasteiger partial charge in [-0.3, -0.25) is 0 Å². The molecule has 0 atom stereocenters. The van der Waals surface area contributed by atoms with Crippen molar-refractivity contribution in [1.82, 2.24) is 24.5 Å². The summed E-state index contributed by atoms with van der Waals surface area (Å²) in [6.07, 6.45) is 1.42. The third-order valence-corrected chi connectivity index (χ3v) is 3.97. The van der Waals surface area contributed by atoms with Crippen LogP contribution >= 0.6 is 0 Å². The Morgan fingerprint density at radius 2 is 1.88 bits per heavy atom. The zero-order valence-corrected chi connectivity index (χ0v) is 13.5. The monoisotopic (exact) mass is 347 g/mol. The highest BCUT2D eigenvalue weighted by Crippen LogP contribution is 2.34. The number of imidazole rings is 1. The van der Waals surface area contributed by atoms with E-state index in [9.17, 15) is 0 Å². The number of hydrogen-bond donors (Lipinski definition) is 2. The highest BCUT2D eigenvalue weighted by atomic mass is 16.7. The summed E-state index contributed by atoms with van der Waals surface area (Å²) in [6, 6.07) is 13.1. The van der Waals surface area contributed by atoms with E-state index in [4.69, 9.17) is 15.2 Å². The Hall–Kier alpha value is -3.88. The minimum absolute atomic E-state index is 0.224. The maximum absolute atomic E-state index is 6.05. The van der Waals surface area contributed by atoms with Crippen LogP contribution in [0.15, 0.2) is 48.8 Å². The van der Waals surface area contributed by atoms with Crippen LogP contribution in [0, 0.1) is 0 Å². The normalized spacial score (nSPS) is 12.5. The van der Waals surface area contributed by atoms with E-state index in [1.807, 2.05) is 42.5 Å². The summed E-state index contributed by atoms with van der Waals surface area (Å²) in [5.41, 5.74) is 8.42. The minimum Gasteiger partial charge on any atom is -0.454 e. The topological polar surface area (TPSA) is 113 Å². The summed E-state index contributed by atoms with van der Waals surface area (Å²) in [6.45, 7) is 0.224. The number of nitrogen functional groups attached to an aromatic ring is 1. The van der Waals surface area contributed by atoms with Crippen LogP contribution in [0.5, 0.6) is 11.5 Å². The van der Waals surface area contributed by atoms with Crippen LogP contribution in [-0.4, -0.2) is 31.3 Å². The molecule has 3 N–H and O–H groups in total. The Morgan fingerprint density at radius 1 is 1.00 bits per heavy atom. The molecule has 26 heavy (non-hydrogen) atoms. The van der Waals surface area contributed by atoms with Crippen LogP contribution in [0.2, 0.25) is 0 Å². The van der Waals surface area contributed by atoms with Crippen molar-refractivity contribution in [2.24, 2.45) is 0 Å². The van der Waals surface area contributed by atoms with Gasteiger partial charge in [-0.05, 0) is 24.3 Å². The summed E-state index contributed by atoms with van der Waals surface area (Å²) in [5.74, 6) is 2.46. The van der Waals surface area contributed by atoms with E-state index in [0.29, 0.717) is 29.3 Å². The molecule has 9 heteroatoms. The van der Waals surface area contributed by atoms with Crippen molar-refractivity contribution in [1.29, 1.82) is 0 Å². The lowest BCUT2D eigenvalue weighted by Crippen LogP contribution is -2.08. The summed E-state index contributed by atoms with van der Waals surface area (Å²) in [5, 5.41) is 3.13. The lowest BCUT2D eigenvalue weighted by molar-refractivity contribution is 0.174. The second-order valence-electron chi connectivity index (χ2n) is 5.60. The number of ether oxygens (including phenoxy) is 2. The summed E-state index contributed by atoms with van der Waals surface area (Å²) >= 11 is 0. The van der Waals surface area contributed by atoms with Gasteiger partial charge in [0.15, 0.2) is 11.5 Å². The average molecular weight is 347 g/mol. The first-order valence-corrected chi connectivity index (χ1v) is 7.87. The zero-order valence-electron chi connectivity index (χ0n) is 13.5. The quantitative estimate of drug-likeness (QED) is 0.580. The van der Waals surface area contributed by atoms with Gasteiger partial charge in [0.25, 0.3) is 0 Å². The van der Waals surface area contributed by atoms with E-state index in [1.165, 1.54) is 6.33 Å². The number of anilines is 3. The third-order valence-electron chi connectivity index (χ3n) is 3.97. The Bertz CT molecular complexity index is 1130. The molecule has 0 aliphatic carbocycles. The van der Waals surface area contributed by atoms with Gasteiger partial charge >= 0.3 is 0 Å². The number of nitrogens with zero attached hydrogens (tertiary/aromatic N) is 5. The molecule has 3 heterocycles. The zero-order chi connectivity index (χ0) is 17.5. The molecule has 4 aromatic rings. The van der Waals surface area contributed by atoms with Crippen molar-refractivity contribution in [3.8, 4) is 17.4 Å². The van der Waals surface area contributed by atoms with E-state index < -0.39 is 0 Å². The molecule has 0 fully saturated rings. The van der Waals surface area contributed by atoms with Gasteiger partial charge in [-0.25, -0.2) is 19.5 Å². The van der Waals surface area contributed by atoms with Gasteiger partial charge in [0.05, 0.1) is 11.0 Å². The molecule has 1 aliphatic rings. The van der Waals surface area contributed by atoms with Crippen LogP contribution in [-0.2, 0) is 0 Å². The van der Waals surface area contributed by atoms with Gasteiger partial charge in [-0.15, -0.1) is 0 Å². The van der Waals surface area contributed by atoms with Crippen molar-refractivity contribution in [2.75, 3.05) is 17.8 Å². The molecule has 2 aromatic heterocycles. The predicted octanol–water partition coefficient (Wildman–Crippen LogP) is 2.26. The second kappa shape index (κ2) is 5.59. The molecule has 0 spiro atoms. The fraction of sp³-hybridized carbons (Fsp3) is 0.0588. The molecular formula is C17H13N7O2. The standard InChI is InChI=1S/C17H13N7O2/c18-15-22-11-3-1-2-4-12(11)24(15)17-20-8-19-16(23-17)21-10-5-6-13-14(7-10)26-9-25-13/h1-8H,9H2,(H2,18,22)(H,19,20,21,23). The number of benzene rings is 2. The van der Waals surface area contributed by atoms with Crippen molar-refractivity contribution < 1.29 is 9.47 Å². The largest absolute Gasteiger partial charge is 0.454 e.